The van der Waals surface area contributed by atoms with Crippen molar-refractivity contribution >= 4 is 25.9 Å². The summed E-state index contributed by atoms with van der Waals surface area (Å²) < 4.78 is 0. The maximum Gasteiger partial charge on any atom is 0.0133 e. The average molecular weight is 220 g/mol. The Morgan fingerprint density at radius 3 is 2.50 bits per heavy atom. The number of hydrogen-bond acceptors (Lipinski definition) is 1. The highest BCUT2D eigenvalue weighted by Crippen LogP contribution is 2.60. The second kappa shape index (κ2) is 3.40. The van der Waals surface area contributed by atoms with E-state index in [9.17, 15) is 0 Å². The third-order valence-corrected chi connectivity index (χ3v) is 7.07. The van der Waals surface area contributed by atoms with Crippen LogP contribution in [0.2, 0.25) is 0 Å². The minimum Gasteiger partial charge on any atom is -0.175 e. The average Bonchev–Trinajstić information content (AvgIpc) is 2.75. The molecule has 72 valence electrons. The molecule has 1 fully saturated rings. The fourth-order valence-electron chi connectivity index (χ4n) is 2.51. The normalized spacial score (nSPS) is 39.2. The number of fused-ring (bicyclic) bond motifs is 2. The van der Waals surface area contributed by atoms with Crippen molar-refractivity contribution in [3.8, 4) is 0 Å². The number of benzene rings is 1. The van der Waals surface area contributed by atoms with Crippen LogP contribution in [0, 0.1) is 0 Å². The van der Waals surface area contributed by atoms with E-state index < -0.39 is 0 Å². The summed E-state index contributed by atoms with van der Waals surface area (Å²) in [6, 6.07) is 11.0. The van der Waals surface area contributed by atoms with Crippen LogP contribution >= 0.6 is 20.6 Å². The highest BCUT2D eigenvalue weighted by atomic mass is 32.1. The van der Waals surface area contributed by atoms with Gasteiger partial charge in [0.15, 0.2) is 0 Å². The van der Waals surface area contributed by atoms with E-state index in [1.54, 1.807) is 5.30 Å². The molecule has 2 bridgehead atoms. The third-order valence-electron chi connectivity index (χ3n) is 3.14. The lowest BCUT2D eigenvalue weighted by molar-refractivity contribution is 0.828. The van der Waals surface area contributed by atoms with Gasteiger partial charge in [-0.1, -0.05) is 50.4 Å². The van der Waals surface area contributed by atoms with Crippen molar-refractivity contribution in [1.82, 2.24) is 0 Å². The second-order valence-corrected chi connectivity index (χ2v) is 7.24. The van der Waals surface area contributed by atoms with Gasteiger partial charge in [0.25, 0.3) is 0 Å². The molecule has 1 saturated heterocycles. The molecule has 0 spiro atoms. The van der Waals surface area contributed by atoms with Crippen LogP contribution in [0.25, 0.3) is 0 Å². The lowest BCUT2D eigenvalue weighted by Crippen LogP contribution is -2.12. The van der Waals surface area contributed by atoms with Crippen LogP contribution in [-0.2, 0) is 0 Å². The summed E-state index contributed by atoms with van der Waals surface area (Å²) >= 11 is 4.67. The topological polar surface area (TPSA) is 0 Å². The van der Waals surface area contributed by atoms with Crippen molar-refractivity contribution in [2.24, 2.45) is 0 Å². The van der Waals surface area contributed by atoms with Crippen LogP contribution in [0.3, 0.4) is 0 Å². The van der Waals surface area contributed by atoms with Crippen molar-refractivity contribution in [3.63, 3.8) is 0 Å². The molecule has 2 aliphatic heterocycles. The van der Waals surface area contributed by atoms with E-state index >= 15 is 0 Å². The van der Waals surface area contributed by atoms with Crippen LogP contribution in [0.4, 0.5) is 0 Å². The zero-order valence-corrected chi connectivity index (χ0v) is 9.66. The van der Waals surface area contributed by atoms with Gasteiger partial charge in [-0.25, -0.2) is 0 Å². The van der Waals surface area contributed by atoms with Gasteiger partial charge in [-0.3, -0.25) is 0 Å². The molecule has 0 nitrogen and oxygen atoms in total. The van der Waals surface area contributed by atoms with Crippen molar-refractivity contribution < 1.29 is 0 Å². The smallest absolute Gasteiger partial charge is 0.0133 e. The first-order valence-electron chi connectivity index (χ1n) is 5.06. The van der Waals surface area contributed by atoms with Gasteiger partial charge in [0.1, 0.15) is 0 Å². The SMILES string of the molecule is SC1CC2C=CC1P2c1ccccc1. The minimum absolute atomic E-state index is 0.0216. The molecule has 2 aliphatic rings. The summed E-state index contributed by atoms with van der Waals surface area (Å²) in [6.07, 6.45) is 6.09. The van der Waals surface area contributed by atoms with Crippen molar-refractivity contribution in [3.05, 3.63) is 42.5 Å². The Bertz CT molecular complexity index is 360. The van der Waals surface area contributed by atoms with E-state index in [0.717, 1.165) is 11.3 Å². The van der Waals surface area contributed by atoms with E-state index in [0.29, 0.717) is 5.25 Å². The van der Waals surface area contributed by atoms with Gasteiger partial charge in [0, 0.05) is 16.6 Å². The monoisotopic (exact) mass is 220 g/mol. The second-order valence-electron chi connectivity index (χ2n) is 3.99. The van der Waals surface area contributed by atoms with Gasteiger partial charge >= 0.3 is 0 Å². The third kappa shape index (κ3) is 1.26. The summed E-state index contributed by atoms with van der Waals surface area (Å²) in [5, 5.41) is 2.16. The van der Waals surface area contributed by atoms with Gasteiger partial charge in [-0.2, -0.15) is 12.6 Å². The molecule has 14 heavy (non-hydrogen) atoms. The van der Waals surface area contributed by atoms with Crippen LogP contribution in [0.1, 0.15) is 6.42 Å². The number of allylic oxidation sites excluding steroid dienone is 2. The van der Waals surface area contributed by atoms with Gasteiger partial charge in [0.2, 0.25) is 0 Å². The Balaban J connectivity index is 1.96. The molecule has 0 N–H and O–H groups in total. The molecular formula is C12H13PS. The lowest BCUT2D eigenvalue weighted by atomic mass is 10.1. The highest BCUT2D eigenvalue weighted by molar-refractivity contribution is 7.82. The molecule has 4 atom stereocenters. The fourth-order valence-corrected chi connectivity index (χ4v) is 6.63. The van der Waals surface area contributed by atoms with E-state index in [-0.39, 0.29) is 7.92 Å². The van der Waals surface area contributed by atoms with Gasteiger partial charge in [-0.05, 0) is 11.7 Å². The van der Waals surface area contributed by atoms with Crippen molar-refractivity contribution in [1.29, 1.82) is 0 Å². The maximum absolute atomic E-state index is 4.67. The maximum atomic E-state index is 4.67. The van der Waals surface area contributed by atoms with Crippen LogP contribution in [0.15, 0.2) is 42.5 Å². The van der Waals surface area contributed by atoms with Gasteiger partial charge < -0.3 is 0 Å². The number of thiol groups is 1. The first-order chi connectivity index (χ1) is 6.86. The van der Waals surface area contributed by atoms with Gasteiger partial charge in [0.05, 0.1) is 0 Å². The standard InChI is InChI=1S/C12H13PS/c14-12-8-10-6-7-11(12)13(10)9-4-2-1-3-5-9/h1-7,10-12,14H,8H2. The Hall–Kier alpha value is -0.260. The first kappa shape index (κ1) is 9.00. The van der Waals surface area contributed by atoms with Crippen LogP contribution < -0.4 is 5.30 Å². The molecule has 0 aromatic heterocycles. The summed E-state index contributed by atoms with van der Waals surface area (Å²) in [6.45, 7) is 0. The van der Waals surface area contributed by atoms with Crippen molar-refractivity contribution in [2.75, 3.05) is 0 Å². The Morgan fingerprint density at radius 1 is 1.14 bits per heavy atom. The van der Waals surface area contributed by atoms with E-state index in [1.165, 1.54) is 6.42 Å². The van der Waals surface area contributed by atoms with E-state index in [4.69, 9.17) is 0 Å². The van der Waals surface area contributed by atoms with Gasteiger partial charge in [-0.15, -0.1) is 0 Å². The number of hydrogen-bond donors (Lipinski definition) is 1. The van der Waals surface area contributed by atoms with E-state index in [2.05, 4.69) is 55.1 Å². The molecule has 4 unspecified atom stereocenters. The summed E-state index contributed by atoms with van der Waals surface area (Å²) in [5.41, 5.74) is 1.54. The highest BCUT2D eigenvalue weighted by Gasteiger charge is 2.43. The van der Waals surface area contributed by atoms with Crippen molar-refractivity contribution in [2.45, 2.75) is 23.0 Å². The molecular weight excluding hydrogens is 207 g/mol. The minimum atomic E-state index is 0.0216. The molecule has 0 amide bonds. The van der Waals surface area contributed by atoms with Crippen LogP contribution in [-0.4, -0.2) is 16.6 Å². The predicted octanol–water partition coefficient (Wildman–Crippen LogP) is 2.80. The fraction of sp³-hybridized carbons (Fsp3) is 0.333. The largest absolute Gasteiger partial charge is 0.175 e. The summed E-state index contributed by atoms with van der Waals surface area (Å²) in [4.78, 5) is 0. The zero-order valence-electron chi connectivity index (χ0n) is 7.88. The molecule has 0 radical (unpaired) electrons. The lowest BCUT2D eigenvalue weighted by Gasteiger charge is -2.17. The molecule has 1 aromatic carbocycles. The quantitative estimate of drug-likeness (QED) is 0.420. The first-order valence-corrected chi connectivity index (χ1v) is 7.06. The summed E-state index contributed by atoms with van der Waals surface area (Å²) in [5.74, 6) is 0. The molecule has 0 saturated carbocycles. The molecule has 2 heterocycles. The van der Waals surface area contributed by atoms with Crippen LogP contribution in [0.5, 0.6) is 0 Å². The van der Waals surface area contributed by atoms with E-state index in [1.807, 2.05) is 0 Å². The summed E-state index contributed by atoms with van der Waals surface area (Å²) in [7, 11) is 0.0216. The molecule has 3 rings (SSSR count). The Kier molecular flexibility index (Phi) is 2.18. The number of rotatable bonds is 1. The molecule has 0 aliphatic carbocycles. The molecule has 1 aromatic rings. The zero-order chi connectivity index (χ0) is 9.54. The molecule has 2 heteroatoms. The Morgan fingerprint density at radius 2 is 1.93 bits per heavy atom. The predicted molar refractivity (Wildman–Crippen MR) is 67.1 cm³/mol. The Labute approximate surface area is 91.6 Å².